The SMILES string of the molecule is CCCCOC(=O)C(NC(=S)Cc1ccccc1)OCCCC. The number of rotatable bonds is 11. The molecule has 0 bridgehead atoms. The molecule has 0 spiro atoms. The average molecular weight is 337 g/mol. The maximum Gasteiger partial charge on any atom is 0.356 e. The van der Waals surface area contributed by atoms with Crippen LogP contribution < -0.4 is 5.32 Å². The Kier molecular flexibility index (Phi) is 10.2. The van der Waals surface area contributed by atoms with E-state index in [1.807, 2.05) is 30.3 Å². The second-order valence-corrected chi connectivity index (χ2v) is 5.85. The van der Waals surface area contributed by atoms with E-state index in [1.165, 1.54) is 0 Å². The predicted molar refractivity (Wildman–Crippen MR) is 96.4 cm³/mol. The molecule has 128 valence electrons. The molecular formula is C18H27NO3S. The Morgan fingerprint density at radius 3 is 2.43 bits per heavy atom. The number of unbranched alkanes of at least 4 members (excludes halogenated alkanes) is 2. The van der Waals surface area contributed by atoms with E-state index in [1.54, 1.807) is 0 Å². The second-order valence-electron chi connectivity index (χ2n) is 5.36. The van der Waals surface area contributed by atoms with Gasteiger partial charge in [-0.05, 0) is 18.4 Å². The van der Waals surface area contributed by atoms with E-state index < -0.39 is 12.2 Å². The fourth-order valence-corrected chi connectivity index (χ4v) is 2.16. The Labute approximate surface area is 144 Å². The molecule has 0 fully saturated rings. The van der Waals surface area contributed by atoms with Gasteiger partial charge in [-0.15, -0.1) is 0 Å². The zero-order valence-corrected chi connectivity index (χ0v) is 14.9. The molecule has 0 saturated carbocycles. The van der Waals surface area contributed by atoms with Crippen molar-refractivity contribution in [2.45, 2.75) is 52.2 Å². The van der Waals surface area contributed by atoms with Crippen molar-refractivity contribution in [2.24, 2.45) is 0 Å². The number of hydrogen-bond donors (Lipinski definition) is 1. The fraction of sp³-hybridized carbons (Fsp3) is 0.556. The number of carbonyl (C=O) groups excluding carboxylic acids is 1. The summed E-state index contributed by atoms with van der Waals surface area (Å²) in [5.74, 6) is -0.398. The van der Waals surface area contributed by atoms with E-state index in [9.17, 15) is 4.79 Å². The van der Waals surface area contributed by atoms with Crippen LogP contribution in [0.15, 0.2) is 30.3 Å². The zero-order chi connectivity index (χ0) is 16.9. The molecule has 4 nitrogen and oxygen atoms in total. The Morgan fingerprint density at radius 2 is 1.78 bits per heavy atom. The Morgan fingerprint density at radius 1 is 1.13 bits per heavy atom. The molecule has 0 aromatic heterocycles. The predicted octanol–water partition coefficient (Wildman–Crippen LogP) is 3.63. The third-order valence-corrected chi connectivity index (χ3v) is 3.50. The van der Waals surface area contributed by atoms with Crippen LogP contribution in [0.2, 0.25) is 0 Å². The van der Waals surface area contributed by atoms with E-state index in [0.717, 1.165) is 31.2 Å². The summed E-state index contributed by atoms with van der Waals surface area (Å²) in [4.78, 5) is 12.7. The Hall–Kier alpha value is -1.46. The molecule has 1 aromatic carbocycles. The van der Waals surface area contributed by atoms with Gasteiger partial charge in [0, 0.05) is 13.0 Å². The molecule has 0 heterocycles. The van der Waals surface area contributed by atoms with Crippen molar-refractivity contribution in [2.75, 3.05) is 13.2 Å². The van der Waals surface area contributed by atoms with Gasteiger partial charge in [0.15, 0.2) is 0 Å². The molecule has 0 amide bonds. The van der Waals surface area contributed by atoms with Gasteiger partial charge in [0.2, 0.25) is 6.23 Å². The molecule has 1 unspecified atom stereocenters. The van der Waals surface area contributed by atoms with Crippen LogP contribution in [0.3, 0.4) is 0 Å². The summed E-state index contributed by atoms with van der Waals surface area (Å²) in [5.41, 5.74) is 1.09. The van der Waals surface area contributed by atoms with Gasteiger partial charge >= 0.3 is 5.97 Å². The van der Waals surface area contributed by atoms with Crippen molar-refractivity contribution in [1.82, 2.24) is 5.32 Å². The number of carbonyl (C=O) groups is 1. The van der Waals surface area contributed by atoms with Gasteiger partial charge < -0.3 is 14.8 Å². The summed E-state index contributed by atoms with van der Waals surface area (Å²) >= 11 is 5.35. The third-order valence-electron chi connectivity index (χ3n) is 3.24. The van der Waals surface area contributed by atoms with Crippen LogP contribution in [0, 0.1) is 0 Å². The summed E-state index contributed by atoms with van der Waals surface area (Å²) in [6, 6.07) is 9.89. The summed E-state index contributed by atoms with van der Waals surface area (Å²) in [5, 5.41) is 2.99. The highest BCUT2D eigenvalue weighted by atomic mass is 32.1. The highest BCUT2D eigenvalue weighted by Gasteiger charge is 2.21. The minimum Gasteiger partial charge on any atom is -0.462 e. The van der Waals surface area contributed by atoms with Gasteiger partial charge in [0.25, 0.3) is 0 Å². The molecule has 1 atom stereocenters. The number of nitrogens with one attached hydrogen (secondary N) is 1. The summed E-state index contributed by atoms with van der Waals surface area (Å²) in [6.45, 7) is 5.04. The summed E-state index contributed by atoms with van der Waals surface area (Å²) < 4.78 is 10.9. The molecule has 23 heavy (non-hydrogen) atoms. The number of benzene rings is 1. The first-order valence-corrected chi connectivity index (χ1v) is 8.69. The first-order valence-electron chi connectivity index (χ1n) is 8.28. The highest BCUT2D eigenvalue weighted by molar-refractivity contribution is 7.80. The molecule has 0 aliphatic carbocycles. The van der Waals surface area contributed by atoms with Gasteiger partial charge in [0.1, 0.15) is 0 Å². The lowest BCUT2D eigenvalue weighted by Gasteiger charge is -2.19. The van der Waals surface area contributed by atoms with Crippen molar-refractivity contribution in [3.63, 3.8) is 0 Å². The summed E-state index contributed by atoms with van der Waals surface area (Å²) in [7, 11) is 0. The van der Waals surface area contributed by atoms with Crippen LogP contribution >= 0.6 is 12.2 Å². The van der Waals surface area contributed by atoms with Gasteiger partial charge in [-0.25, -0.2) is 4.79 Å². The largest absolute Gasteiger partial charge is 0.462 e. The quantitative estimate of drug-likeness (QED) is 0.289. The van der Waals surface area contributed by atoms with Gasteiger partial charge in [-0.2, -0.15) is 0 Å². The van der Waals surface area contributed by atoms with E-state index in [4.69, 9.17) is 21.7 Å². The van der Waals surface area contributed by atoms with Crippen molar-refractivity contribution in [1.29, 1.82) is 0 Å². The smallest absolute Gasteiger partial charge is 0.356 e. The first-order chi connectivity index (χ1) is 11.2. The lowest BCUT2D eigenvalue weighted by Crippen LogP contribution is -2.44. The summed E-state index contributed by atoms with van der Waals surface area (Å²) in [6.07, 6.45) is 3.48. The fourth-order valence-electron chi connectivity index (χ4n) is 1.89. The molecule has 0 radical (unpaired) electrons. The van der Waals surface area contributed by atoms with Gasteiger partial charge in [-0.1, -0.05) is 69.2 Å². The minimum absolute atomic E-state index is 0.398. The van der Waals surface area contributed by atoms with Crippen molar-refractivity contribution in [3.8, 4) is 0 Å². The molecule has 1 N–H and O–H groups in total. The molecule has 0 aliphatic rings. The standard InChI is InChI=1S/C18H27NO3S/c1-3-5-12-21-17(18(20)22-13-6-4-2)19-16(23)14-15-10-8-7-9-11-15/h7-11,17H,3-6,12-14H2,1-2H3,(H,19,23). The van der Waals surface area contributed by atoms with E-state index in [0.29, 0.717) is 24.6 Å². The van der Waals surface area contributed by atoms with Gasteiger partial charge in [-0.3, -0.25) is 0 Å². The topological polar surface area (TPSA) is 47.6 Å². The maximum atomic E-state index is 12.1. The van der Waals surface area contributed by atoms with Crippen LogP contribution in [-0.2, 0) is 20.7 Å². The third kappa shape index (κ3) is 8.67. The van der Waals surface area contributed by atoms with Crippen molar-refractivity contribution >= 4 is 23.2 Å². The van der Waals surface area contributed by atoms with Crippen LogP contribution in [0.1, 0.15) is 45.1 Å². The van der Waals surface area contributed by atoms with E-state index >= 15 is 0 Å². The molecule has 0 saturated heterocycles. The van der Waals surface area contributed by atoms with Crippen LogP contribution in [0.25, 0.3) is 0 Å². The zero-order valence-electron chi connectivity index (χ0n) is 14.0. The van der Waals surface area contributed by atoms with Crippen LogP contribution in [0.5, 0.6) is 0 Å². The molecule has 1 rings (SSSR count). The van der Waals surface area contributed by atoms with Crippen molar-refractivity contribution in [3.05, 3.63) is 35.9 Å². The molecule has 1 aromatic rings. The molecule has 5 heteroatoms. The monoisotopic (exact) mass is 337 g/mol. The average Bonchev–Trinajstić information content (AvgIpc) is 2.55. The second kappa shape index (κ2) is 12.0. The van der Waals surface area contributed by atoms with Gasteiger partial charge in [0.05, 0.1) is 11.6 Å². The lowest BCUT2D eigenvalue weighted by atomic mass is 10.1. The van der Waals surface area contributed by atoms with Crippen LogP contribution in [0.4, 0.5) is 0 Å². The maximum absolute atomic E-state index is 12.1. The normalized spacial score (nSPS) is 11.7. The number of thiocarbonyl (C=S) groups is 1. The first kappa shape index (κ1) is 19.6. The highest BCUT2D eigenvalue weighted by Crippen LogP contribution is 2.03. The molecular weight excluding hydrogens is 310 g/mol. The number of ether oxygens (including phenoxy) is 2. The van der Waals surface area contributed by atoms with E-state index in [2.05, 4.69) is 19.2 Å². The molecule has 0 aliphatic heterocycles. The lowest BCUT2D eigenvalue weighted by molar-refractivity contribution is -0.158. The van der Waals surface area contributed by atoms with Crippen LogP contribution in [-0.4, -0.2) is 30.4 Å². The Balaban J connectivity index is 2.52. The van der Waals surface area contributed by atoms with Crippen molar-refractivity contribution < 1.29 is 14.3 Å². The minimum atomic E-state index is -0.824. The van der Waals surface area contributed by atoms with E-state index in [-0.39, 0.29) is 0 Å². The number of esters is 1. The number of hydrogen-bond acceptors (Lipinski definition) is 4. The Bertz CT molecular complexity index is 465.